The van der Waals surface area contributed by atoms with E-state index in [1.165, 1.54) is 5.57 Å². The van der Waals surface area contributed by atoms with Gasteiger partial charge in [-0.3, -0.25) is 4.79 Å². The Labute approximate surface area is 105 Å². The maximum absolute atomic E-state index is 11.6. The van der Waals surface area contributed by atoms with Crippen molar-refractivity contribution in [3.05, 3.63) is 34.8 Å². The van der Waals surface area contributed by atoms with Gasteiger partial charge >= 0.3 is 0 Å². The highest BCUT2D eigenvalue weighted by molar-refractivity contribution is 6.29. The van der Waals surface area contributed by atoms with Gasteiger partial charge in [0.05, 0.1) is 0 Å². The van der Waals surface area contributed by atoms with E-state index >= 15 is 0 Å². The van der Waals surface area contributed by atoms with Crippen molar-refractivity contribution in [2.75, 3.05) is 19.6 Å². The SMILES string of the molecule is O=C(NCCC1=CCNCC1)c1ccc(Cl)o1. The zero-order valence-electron chi connectivity index (χ0n) is 9.46. The summed E-state index contributed by atoms with van der Waals surface area (Å²) in [4.78, 5) is 11.6. The second-order valence-electron chi connectivity index (χ2n) is 3.93. The Balaban J connectivity index is 1.75. The van der Waals surface area contributed by atoms with Crippen LogP contribution in [0.4, 0.5) is 0 Å². The molecule has 1 amide bonds. The lowest BCUT2D eigenvalue weighted by Gasteiger charge is -2.13. The predicted molar refractivity (Wildman–Crippen MR) is 66.2 cm³/mol. The van der Waals surface area contributed by atoms with Crippen molar-refractivity contribution in [3.63, 3.8) is 0 Å². The van der Waals surface area contributed by atoms with Gasteiger partial charge in [-0.2, -0.15) is 0 Å². The molecule has 1 aromatic heterocycles. The van der Waals surface area contributed by atoms with Gasteiger partial charge in [-0.15, -0.1) is 0 Å². The van der Waals surface area contributed by atoms with Gasteiger partial charge in [0.25, 0.3) is 5.91 Å². The number of hydrogen-bond donors (Lipinski definition) is 2. The fourth-order valence-corrected chi connectivity index (χ4v) is 1.90. The monoisotopic (exact) mass is 254 g/mol. The highest BCUT2D eigenvalue weighted by atomic mass is 35.5. The lowest BCUT2D eigenvalue weighted by atomic mass is 10.1. The van der Waals surface area contributed by atoms with Crippen molar-refractivity contribution in [1.29, 1.82) is 0 Å². The molecule has 0 spiro atoms. The van der Waals surface area contributed by atoms with E-state index in [1.807, 2.05) is 0 Å². The predicted octanol–water partition coefficient (Wildman–Crippen LogP) is 1.97. The Morgan fingerprint density at radius 2 is 2.41 bits per heavy atom. The molecule has 0 saturated heterocycles. The second kappa shape index (κ2) is 5.89. The average molecular weight is 255 g/mol. The molecule has 0 atom stereocenters. The van der Waals surface area contributed by atoms with Gasteiger partial charge in [-0.1, -0.05) is 11.6 Å². The van der Waals surface area contributed by atoms with E-state index in [2.05, 4.69) is 16.7 Å². The first kappa shape index (κ1) is 12.2. The largest absolute Gasteiger partial charge is 0.440 e. The zero-order chi connectivity index (χ0) is 12.1. The summed E-state index contributed by atoms with van der Waals surface area (Å²) >= 11 is 5.60. The molecular weight excluding hydrogens is 240 g/mol. The molecule has 2 N–H and O–H groups in total. The van der Waals surface area contributed by atoms with Crippen LogP contribution in [0.5, 0.6) is 0 Å². The van der Waals surface area contributed by atoms with Crippen LogP contribution in [0.2, 0.25) is 5.22 Å². The topological polar surface area (TPSA) is 54.3 Å². The van der Waals surface area contributed by atoms with Gasteiger partial charge in [0.1, 0.15) is 0 Å². The Bertz CT molecular complexity index is 426. The molecule has 2 heterocycles. The van der Waals surface area contributed by atoms with Crippen molar-refractivity contribution < 1.29 is 9.21 Å². The Kier molecular flexibility index (Phi) is 4.23. The molecule has 0 fully saturated rings. The number of carbonyl (C=O) groups excluding carboxylic acids is 1. The molecule has 0 bridgehead atoms. The second-order valence-corrected chi connectivity index (χ2v) is 4.30. The Morgan fingerprint density at radius 3 is 3.06 bits per heavy atom. The van der Waals surface area contributed by atoms with Crippen LogP contribution in [0.3, 0.4) is 0 Å². The standard InChI is InChI=1S/C12H15ClN2O2/c13-11-2-1-10(17-11)12(16)15-8-5-9-3-6-14-7-4-9/h1-3,14H,4-8H2,(H,15,16). The van der Waals surface area contributed by atoms with Crippen molar-refractivity contribution in [2.24, 2.45) is 0 Å². The first-order chi connectivity index (χ1) is 8.25. The molecule has 1 aliphatic rings. The van der Waals surface area contributed by atoms with E-state index in [0.717, 1.165) is 25.9 Å². The van der Waals surface area contributed by atoms with Crippen LogP contribution in [-0.4, -0.2) is 25.5 Å². The normalized spacial score (nSPS) is 15.5. The molecule has 5 heteroatoms. The molecule has 0 unspecified atom stereocenters. The van der Waals surface area contributed by atoms with E-state index in [0.29, 0.717) is 6.54 Å². The van der Waals surface area contributed by atoms with E-state index in [1.54, 1.807) is 12.1 Å². The number of halogens is 1. The van der Waals surface area contributed by atoms with Gasteiger partial charge in [-0.05, 0) is 43.1 Å². The smallest absolute Gasteiger partial charge is 0.287 e. The van der Waals surface area contributed by atoms with Gasteiger partial charge in [-0.25, -0.2) is 0 Å². The maximum atomic E-state index is 11.6. The summed E-state index contributed by atoms with van der Waals surface area (Å²) in [5.41, 5.74) is 1.39. The minimum atomic E-state index is -0.216. The van der Waals surface area contributed by atoms with E-state index in [9.17, 15) is 4.79 Å². The molecular formula is C12H15ClN2O2. The summed E-state index contributed by atoms with van der Waals surface area (Å²) in [6.07, 6.45) is 4.13. The number of carbonyl (C=O) groups is 1. The fourth-order valence-electron chi connectivity index (χ4n) is 1.76. The summed E-state index contributed by atoms with van der Waals surface area (Å²) < 4.78 is 5.02. The number of nitrogens with one attached hydrogen (secondary N) is 2. The van der Waals surface area contributed by atoms with Gasteiger partial charge in [0.15, 0.2) is 11.0 Å². The fraction of sp³-hybridized carbons (Fsp3) is 0.417. The quantitative estimate of drug-likeness (QED) is 0.808. The summed E-state index contributed by atoms with van der Waals surface area (Å²) in [5.74, 6) is 0.0423. The van der Waals surface area contributed by atoms with E-state index in [-0.39, 0.29) is 16.9 Å². The maximum Gasteiger partial charge on any atom is 0.287 e. The van der Waals surface area contributed by atoms with Crippen LogP contribution in [0.15, 0.2) is 28.2 Å². The lowest BCUT2D eigenvalue weighted by molar-refractivity contribution is 0.0926. The van der Waals surface area contributed by atoms with Crippen molar-refractivity contribution in [2.45, 2.75) is 12.8 Å². The van der Waals surface area contributed by atoms with Crippen LogP contribution >= 0.6 is 11.6 Å². The number of hydrogen-bond acceptors (Lipinski definition) is 3. The Morgan fingerprint density at radius 1 is 1.53 bits per heavy atom. The van der Waals surface area contributed by atoms with Crippen molar-refractivity contribution >= 4 is 17.5 Å². The van der Waals surface area contributed by atoms with Gasteiger partial charge < -0.3 is 15.1 Å². The van der Waals surface area contributed by atoms with Crippen LogP contribution in [0, 0.1) is 0 Å². The summed E-state index contributed by atoms with van der Waals surface area (Å²) in [5, 5.41) is 6.29. The Hall–Kier alpha value is -1.26. The number of rotatable bonds is 4. The zero-order valence-corrected chi connectivity index (χ0v) is 10.2. The molecule has 0 radical (unpaired) electrons. The van der Waals surface area contributed by atoms with Crippen LogP contribution in [0.25, 0.3) is 0 Å². The summed E-state index contributed by atoms with van der Waals surface area (Å²) in [6.45, 7) is 2.58. The molecule has 0 saturated carbocycles. The third-order valence-electron chi connectivity index (χ3n) is 2.69. The van der Waals surface area contributed by atoms with E-state index in [4.69, 9.17) is 16.0 Å². The molecule has 2 rings (SSSR count). The minimum absolute atomic E-state index is 0.216. The van der Waals surface area contributed by atoms with Crippen LogP contribution in [-0.2, 0) is 0 Å². The van der Waals surface area contributed by atoms with Crippen molar-refractivity contribution in [3.8, 4) is 0 Å². The van der Waals surface area contributed by atoms with E-state index < -0.39 is 0 Å². The third-order valence-corrected chi connectivity index (χ3v) is 2.89. The molecule has 4 nitrogen and oxygen atoms in total. The first-order valence-corrected chi connectivity index (χ1v) is 6.05. The van der Waals surface area contributed by atoms with Crippen LogP contribution < -0.4 is 10.6 Å². The summed E-state index contributed by atoms with van der Waals surface area (Å²) in [6, 6.07) is 3.13. The molecule has 17 heavy (non-hydrogen) atoms. The highest BCUT2D eigenvalue weighted by Gasteiger charge is 2.10. The minimum Gasteiger partial charge on any atom is -0.440 e. The molecule has 0 aromatic carbocycles. The third kappa shape index (κ3) is 3.61. The molecule has 0 aliphatic carbocycles. The van der Waals surface area contributed by atoms with Crippen molar-refractivity contribution in [1.82, 2.24) is 10.6 Å². The highest BCUT2D eigenvalue weighted by Crippen LogP contribution is 2.13. The molecule has 1 aromatic rings. The van der Waals surface area contributed by atoms with Crippen LogP contribution in [0.1, 0.15) is 23.4 Å². The van der Waals surface area contributed by atoms with Gasteiger partial charge in [0.2, 0.25) is 0 Å². The number of amides is 1. The number of furan rings is 1. The van der Waals surface area contributed by atoms with Gasteiger partial charge in [0, 0.05) is 13.1 Å². The first-order valence-electron chi connectivity index (χ1n) is 5.68. The summed E-state index contributed by atoms with van der Waals surface area (Å²) in [7, 11) is 0. The molecule has 1 aliphatic heterocycles. The average Bonchev–Trinajstić information content (AvgIpc) is 2.77. The molecule has 92 valence electrons. The lowest BCUT2D eigenvalue weighted by Crippen LogP contribution is -2.26.